The fourth-order valence-electron chi connectivity index (χ4n) is 2.85. The molecule has 0 aliphatic carbocycles. The van der Waals surface area contributed by atoms with Gasteiger partial charge in [0.05, 0.1) is 10.9 Å². The summed E-state index contributed by atoms with van der Waals surface area (Å²) in [4.78, 5) is 4.21. The average molecular weight is 264 g/mol. The summed E-state index contributed by atoms with van der Waals surface area (Å²) >= 11 is 5.53. The number of para-hydroxylation sites is 2. The van der Waals surface area contributed by atoms with Gasteiger partial charge in [0.2, 0.25) is 0 Å². The highest BCUT2D eigenvalue weighted by Crippen LogP contribution is 2.40. The summed E-state index contributed by atoms with van der Waals surface area (Å²) in [6, 6.07) is 16.7. The van der Waals surface area contributed by atoms with Crippen LogP contribution in [0.2, 0.25) is 0 Å². The summed E-state index contributed by atoms with van der Waals surface area (Å²) in [6.07, 6.45) is 2.07. The second-order valence-electron chi connectivity index (χ2n) is 4.80. The van der Waals surface area contributed by atoms with Gasteiger partial charge in [-0.3, -0.25) is 0 Å². The lowest BCUT2D eigenvalue weighted by molar-refractivity contribution is 1.15. The minimum absolute atomic E-state index is 0.155. The second kappa shape index (κ2) is 3.93. The van der Waals surface area contributed by atoms with Crippen LogP contribution in [0.1, 0.15) is 17.0 Å². The van der Waals surface area contributed by atoms with Crippen LogP contribution in [-0.4, -0.2) is 9.97 Å². The Bertz CT molecular complexity index is 788. The Labute approximate surface area is 116 Å². The summed E-state index contributed by atoms with van der Waals surface area (Å²) in [5.41, 5.74) is 4.79. The van der Waals surface area contributed by atoms with Crippen LogP contribution in [0.25, 0.3) is 10.9 Å². The van der Waals surface area contributed by atoms with Crippen molar-refractivity contribution in [3.63, 3.8) is 0 Å². The van der Waals surface area contributed by atoms with Crippen molar-refractivity contribution < 1.29 is 0 Å². The molecule has 3 heteroatoms. The molecule has 2 aromatic carbocycles. The minimum Gasteiger partial charge on any atom is -0.361 e. The minimum atomic E-state index is 0.155. The van der Waals surface area contributed by atoms with Crippen LogP contribution in [-0.2, 0) is 0 Å². The molecule has 1 aromatic heterocycles. The number of aromatic nitrogens is 1. The number of aromatic amines is 1. The summed E-state index contributed by atoms with van der Waals surface area (Å²) < 4.78 is 0. The van der Waals surface area contributed by atoms with E-state index in [1.165, 1.54) is 16.5 Å². The lowest BCUT2D eigenvalue weighted by Crippen LogP contribution is -2.10. The van der Waals surface area contributed by atoms with Crippen molar-refractivity contribution in [3.8, 4) is 0 Å². The Morgan fingerprint density at radius 3 is 2.63 bits per heavy atom. The van der Waals surface area contributed by atoms with Crippen molar-refractivity contribution >= 4 is 33.8 Å². The molecule has 1 aliphatic heterocycles. The largest absolute Gasteiger partial charge is 0.361 e. The molecule has 2 N–H and O–H groups in total. The molecule has 0 spiro atoms. The average Bonchev–Trinajstić information content (AvgIpc) is 2.98. The molecule has 3 aromatic rings. The van der Waals surface area contributed by atoms with Crippen LogP contribution in [0.5, 0.6) is 0 Å². The monoisotopic (exact) mass is 264 g/mol. The Morgan fingerprint density at radius 2 is 1.68 bits per heavy atom. The van der Waals surface area contributed by atoms with E-state index in [4.69, 9.17) is 12.2 Å². The van der Waals surface area contributed by atoms with Crippen molar-refractivity contribution in [3.05, 3.63) is 65.9 Å². The van der Waals surface area contributed by atoms with E-state index >= 15 is 0 Å². The lowest BCUT2D eigenvalue weighted by Gasteiger charge is -2.09. The Balaban J connectivity index is 1.95. The van der Waals surface area contributed by atoms with Crippen LogP contribution >= 0.6 is 12.2 Å². The van der Waals surface area contributed by atoms with Crippen LogP contribution in [0.4, 0.5) is 5.69 Å². The maximum atomic E-state index is 5.53. The second-order valence-corrected chi connectivity index (χ2v) is 5.24. The first kappa shape index (κ1) is 10.8. The van der Waals surface area contributed by atoms with Crippen molar-refractivity contribution in [1.82, 2.24) is 4.98 Å². The first-order chi connectivity index (χ1) is 9.34. The van der Waals surface area contributed by atoms with Gasteiger partial charge in [0, 0.05) is 22.8 Å². The van der Waals surface area contributed by atoms with Gasteiger partial charge in [-0.2, -0.15) is 0 Å². The molecule has 1 aliphatic rings. The Hall–Kier alpha value is -2.13. The molecule has 1 atom stereocenters. The summed E-state index contributed by atoms with van der Waals surface area (Å²) in [5, 5.41) is 4.56. The number of fused-ring (bicyclic) bond motifs is 2. The predicted octanol–water partition coefficient (Wildman–Crippen LogP) is 4.05. The maximum Gasteiger partial charge on any atom is 0.0919 e. The van der Waals surface area contributed by atoms with Crippen LogP contribution in [0.3, 0.4) is 0 Å². The number of anilines is 1. The summed E-state index contributed by atoms with van der Waals surface area (Å²) in [6.45, 7) is 0. The fraction of sp³-hybridized carbons (Fsp3) is 0.0625. The van der Waals surface area contributed by atoms with Crippen LogP contribution < -0.4 is 5.32 Å². The highest BCUT2D eigenvalue weighted by atomic mass is 32.1. The maximum absolute atomic E-state index is 5.53. The van der Waals surface area contributed by atoms with E-state index in [1.54, 1.807) is 0 Å². The van der Waals surface area contributed by atoms with Gasteiger partial charge < -0.3 is 10.3 Å². The van der Waals surface area contributed by atoms with Crippen molar-refractivity contribution in [1.29, 1.82) is 0 Å². The van der Waals surface area contributed by atoms with Gasteiger partial charge in [0.25, 0.3) is 0 Å². The molecular formula is C16H12N2S. The third kappa shape index (κ3) is 1.52. The van der Waals surface area contributed by atoms with Crippen molar-refractivity contribution in [2.45, 2.75) is 5.92 Å². The third-order valence-electron chi connectivity index (χ3n) is 3.72. The summed E-state index contributed by atoms with van der Waals surface area (Å²) in [7, 11) is 0. The number of H-pyrrole nitrogens is 1. The van der Waals surface area contributed by atoms with Gasteiger partial charge in [0.15, 0.2) is 0 Å². The third-order valence-corrected chi connectivity index (χ3v) is 4.06. The first-order valence-corrected chi connectivity index (χ1v) is 6.71. The number of thiocarbonyl (C=S) groups is 1. The number of nitrogens with one attached hydrogen (secondary N) is 2. The van der Waals surface area contributed by atoms with E-state index in [1.807, 2.05) is 12.1 Å². The SMILES string of the molecule is S=C1Nc2ccccc2C1c1c[nH]c2ccccc12. The van der Waals surface area contributed by atoms with E-state index in [2.05, 4.69) is 52.9 Å². The van der Waals surface area contributed by atoms with Gasteiger partial charge in [-0.25, -0.2) is 0 Å². The molecule has 0 fully saturated rings. The van der Waals surface area contributed by atoms with E-state index in [0.29, 0.717) is 0 Å². The van der Waals surface area contributed by atoms with E-state index in [9.17, 15) is 0 Å². The summed E-state index contributed by atoms with van der Waals surface area (Å²) in [5.74, 6) is 0.155. The van der Waals surface area contributed by atoms with Gasteiger partial charge in [-0.1, -0.05) is 48.6 Å². The quantitative estimate of drug-likeness (QED) is 0.649. The standard InChI is InChI=1S/C16H12N2S/c19-16-15(11-6-2-4-8-14(11)18-16)12-9-17-13-7-3-1-5-10(12)13/h1-9,15,17H,(H,18,19). The van der Waals surface area contributed by atoms with E-state index in [-0.39, 0.29) is 5.92 Å². The number of rotatable bonds is 1. The van der Waals surface area contributed by atoms with E-state index < -0.39 is 0 Å². The number of hydrogen-bond donors (Lipinski definition) is 2. The predicted molar refractivity (Wildman–Crippen MR) is 82.8 cm³/mol. The zero-order valence-electron chi connectivity index (χ0n) is 10.2. The molecule has 0 saturated carbocycles. The first-order valence-electron chi connectivity index (χ1n) is 6.30. The highest BCUT2D eigenvalue weighted by Gasteiger charge is 2.29. The molecule has 2 nitrogen and oxygen atoms in total. The van der Waals surface area contributed by atoms with Gasteiger partial charge >= 0.3 is 0 Å². The molecule has 0 bridgehead atoms. The number of hydrogen-bond acceptors (Lipinski definition) is 1. The molecule has 2 heterocycles. The molecule has 19 heavy (non-hydrogen) atoms. The molecule has 0 saturated heterocycles. The topological polar surface area (TPSA) is 27.8 Å². The fourth-order valence-corrected chi connectivity index (χ4v) is 3.21. The molecule has 1 unspecified atom stereocenters. The van der Waals surface area contributed by atoms with Gasteiger partial charge in [0.1, 0.15) is 0 Å². The van der Waals surface area contributed by atoms with Gasteiger partial charge in [-0.15, -0.1) is 0 Å². The zero-order valence-corrected chi connectivity index (χ0v) is 11.0. The molecular weight excluding hydrogens is 252 g/mol. The van der Waals surface area contributed by atoms with Crippen LogP contribution in [0, 0.1) is 0 Å². The van der Waals surface area contributed by atoms with E-state index in [0.717, 1.165) is 16.2 Å². The Kier molecular flexibility index (Phi) is 2.23. The molecule has 4 rings (SSSR count). The van der Waals surface area contributed by atoms with Crippen molar-refractivity contribution in [2.75, 3.05) is 5.32 Å². The lowest BCUT2D eigenvalue weighted by atomic mass is 9.93. The molecule has 0 radical (unpaired) electrons. The zero-order chi connectivity index (χ0) is 12.8. The highest BCUT2D eigenvalue weighted by molar-refractivity contribution is 7.80. The smallest absolute Gasteiger partial charge is 0.0919 e. The molecule has 0 amide bonds. The van der Waals surface area contributed by atoms with Gasteiger partial charge in [-0.05, 0) is 23.3 Å². The Morgan fingerprint density at radius 1 is 0.895 bits per heavy atom. The van der Waals surface area contributed by atoms with Crippen LogP contribution in [0.15, 0.2) is 54.7 Å². The normalized spacial score (nSPS) is 17.5. The van der Waals surface area contributed by atoms with Crippen molar-refractivity contribution in [2.24, 2.45) is 0 Å². The number of benzene rings is 2. The molecule has 92 valence electrons.